The number of rotatable bonds is 6. The number of piperidine rings is 1. The van der Waals surface area contributed by atoms with Crippen molar-refractivity contribution in [1.29, 1.82) is 0 Å². The van der Waals surface area contributed by atoms with Crippen molar-refractivity contribution in [2.45, 2.75) is 31.8 Å². The van der Waals surface area contributed by atoms with E-state index < -0.39 is 5.60 Å². The van der Waals surface area contributed by atoms with Crippen molar-refractivity contribution in [1.82, 2.24) is 19.6 Å². The summed E-state index contributed by atoms with van der Waals surface area (Å²) in [5.74, 6) is -0.0239. The van der Waals surface area contributed by atoms with E-state index in [1.807, 2.05) is 4.90 Å². The third-order valence-electron chi connectivity index (χ3n) is 6.06. The Morgan fingerprint density at radius 3 is 2.35 bits per heavy atom. The third kappa shape index (κ3) is 4.47. The van der Waals surface area contributed by atoms with Gasteiger partial charge in [0.1, 0.15) is 5.60 Å². The van der Waals surface area contributed by atoms with Crippen LogP contribution < -0.4 is 5.73 Å². The van der Waals surface area contributed by atoms with Crippen molar-refractivity contribution in [3.05, 3.63) is 0 Å². The average Bonchev–Trinajstić information content (AvgIpc) is 2.97. The van der Waals surface area contributed by atoms with Gasteiger partial charge in [0.25, 0.3) is 0 Å². The van der Waals surface area contributed by atoms with E-state index in [9.17, 15) is 9.59 Å². The van der Waals surface area contributed by atoms with E-state index in [-0.39, 0.29) is 18.5 Å². The molecule has 3 aliphatic heterocycles. The lowest BCUT2D eigenvalue weighted by Gasteiger charge is -2.37. The van der Waals surface area contributed by atoms with Gasteiger partial charge in [-0.1, -0.05) is 6.92 Å². The Bertz CT molecular complexity index is 499. The highest BCUT2D eigenvalue weighted by Crippen LogP contribution is 2.33. The maximum absolute atomic E-state index is 12.3. The van der Waals surface area contributed by atoms with Gasteiger partial charge in [-0.2, -0.15) is 0 Å². The van der Waals surface area contributed by atoms with E-state index in [0.29, 0.717) is 32.5 Å². The van der Waals surface area contributed by atoms with E-state index in [1.54, 1.807) is 4.90 Å². The molecule has 148 valence electrons. The Hall–Kier alpha value is -1.38. The lowest BCUT2D eigenvalue weighted by atomic mass is 9.91. The van der Waals surface area contributed by atoms with Crippen LogP contribution in [0.1, 0.15) is 26.2 Å². The minimum Gasteiger partial charge on any atom is -0.441 e. The summed E-state index contributed by atoms with van der Waals surface area (Å²) >= 11 is 0. The number of piperazine rings is 1. The normalized spacial score (nSPS) is 24.3. The first-order valence-electron chi connectivity index (χ1n) is 9.96. The molecule has 0 atom stereocenters. The van der Waals surface area contributed by atoms with Gasteiger partial charge in [-0.05, 0) is 19.5 Å². The van der Waals surface area contributed by atoms with Crippen molar-refractivity contribution in [2.75, 3.05) is 72.0 Å². The number of nitrogens with zero attached hydrogens (tertiary/aromatic N) is 4. The molecule has 2 N–H and O–H groups in total. The maximum Gasteiger partial charge on any atom is 0.410 e. The number of nitrogens with two attached hydrogens (primary N) is 1. The summed E-state index contributed by atoms with van der Waals surface area (Å²) in [5, 5.41) is 0. The quantitative estimate of drug-likeness (QED) is 0.699. The zero-order valence-corrected chi connectivity index (χ0v) is 16.0. The summed E-state index contributed by atoms with van der Waals surface area (Å²) in [6, 6.07) is 0. The number of likely N-dealkylation sites (N-methyl/N-ethyl adjacent to an activating group) is 1. The number of hydrogen-bond acceptors (Lipinski definition) is 6. The molecule has 3 saturated heterocycles. The summed E-state index contributed by atoms with van der Waals surface area (Å²) in [6.45, 7) is 11.6. The molecule has 0 unspecified atom stereocenters. The highest BCUT2D eigenvalue weighted by molar-refractivity contribution is 5.78. The Morgan fingerprint density at radius 2 is 1.73 bits per heavy atom. The van der Waals surface area contributed by atoms with E-state index in [1.165, 1.54) is 0 Å². The first kappa shape index (κ1) is 19.4. The Morgan fingerprint density at radius 1 is 1.08 bits per heavy atom. The van der Waals surface area contributed by atoms with Crippen LogP contribution in [-0.4, -0.2) is 109 Å². The zero-order valence-electron chi connectivity index (χ0n) is 16.0. The summed E-state index contributed by atoms with van der Waals surface area (Å²) in [6.07, 6.45) is 2.20. The Balaban J connectivity index is 1.39. The maximum atomic E-state index is 12.3. The third-order valence-corrected chi connectivity index (χ3v) is 6.06. The van der Waals surface area contributed by atoms with Gasteiger partial charge in [-0.15, -0.1) is 0 Å². The molecular formula is C18H33N5O3. The monoisotopic (exact) mass is 367 g/mol. The predicted molar refractivity (Wildman–Crippen MR) is 98.8 cm³/mol. The van der Waals surface area contributed by atoms with Crippen LogP contribution in [0.5, 0.6) is 0 Å². The molecule has 8 heteroatoms. The van der Waals surface area contributed by atoms with E-state index in [2.05, 4.69) is 16.7 Å². The van der Waals surface area contributed by atoms with Crippen molar-refractivity contribution in [2.24, 2.45) is 5.73 Å². The minimum atomic E-state index is -0.408. The molecule has 1 spiro atoms. The molecule has 26 heavy (non-hydrogen) atoms. The second kappa shape index (κ2) is 8.54. The second-order valence-corrected chi connectivity index (χ2v) is 7.69. The van der Waals surface area contributed by atoms with Crippen molar-refractivity contribution in [3.63, 3.8) is 0 Å². The van der Waals surface area contributed by atoms with Crippen molar-refractivity contribution < 1.29 is 14.3 Å². The fourth-order valence-electron chi connectivity index (χ4n) is 4.23. The highest BCUT2D eigenvalue weighted by Gasteiger charge is 2.47. The molecule has 0 radical (unpaired) electrons. The van der Waals surface area contributed by atoms with Crippen molar-refractivity contribution >= 4 is 12.0 Å². The molecule has 0 aromatic rings. The molecule has 3 aliphatic rings. The van der Waals surface area contributed by atoms with Gasteiger partial charge in [-0.3, -0.25) is 4.79 Å². The standard InChI is InChI=1S/C18H33N5O3/c1-2-20-10-12-21(13-11-20)6-3-7-23-15-18(26-17(23)25)4-8-22(9-5-18)16(24)14-19/h2-15,19H2,1H3. The van der Waals surface area contributed by atoms with Crippen LogP contribution >= 0.6 is 0 Å². The Labute approximate surface area is 156 Å². The molecule has 0 aromatic carbocycles. The molecule has 0 aromatic heterocycles. The molecule has 0 saturated carbocycles. The molecule has 3 rings (SSSR count). The van der Waals surface area contributed by atoms with Gasteiger partial charge in [0.2, 0.25) is 5.91 Å². The number of amides is 2. The van der Waals surface area contributed by atoms with Crippen LogP contribution in [0.25, 0.3) is 0 Å². The predicted octanol–water partition coefficient (Wildman–Crippen LogP) is -0.214. The van der Waals surface area contributed by atoms with Crippen LogP contribution in [0.4, 0.5) is 4.79 Å². The number of hydrogen-bond donors (Lipinski definition) is 1. The second-order valence-electron chi connectivity index (χ2n) is 7.69. The fourth-order valence-corrected chi connectivity index (χ4v) is 4.23. The van der Waals surface area contributed by atoms with Crippen LogP contribution in [0, 0.1) is 0 Å². The first-order chi connectivity index (χ1) is 12.5. The molecule has 3 heterocycles. The van der Waals surface area contributed by atoms with E-state index in [0.717, 1.165) is 52.2 Å². The molecule has 3 fully saturated rings. The minimum absolute atomic E-state index is 0.0239. The molecule has 8 nitrogen and oxygen atoms in total. The van der Waals surface area contributed by atoms with Gasteiger partial charge < -0.3 is 30.1 Å². The van der Waals surface area contributed by atoms with E-state index >= 15 is 0 Å². The number of ether oxygens (including phenoxy) is 1. The summed E-state index contributed by atoms with van der Waals surface area (Å²) in [5.41, 5.74) is 5.02. The van der Waals surface area contributed by atoms with Gasteiger partial charge in [0.05, 0.1) is 13.1 Å². The van der Waals surface area contributed by atoms with Crippen LogP contribution in [0.15, 0.2) is 0 Å². The average molecular weight is 367 g/mol. The molecule has 2 amide bonds. The van der Waals surface area contributed by atoms with Crippen LogP contribution in [0.2, 0.25) is 0 Å². The lowest BCUT2D eigenvalue weighted by Crippen LogP contribution is -2.50. The van der Waals surface area contributed by atoms with Gasteiger partial charge in [-0.25, -0.2) is 4.79 Å². The first-order valence-corrected chi connectivity index (χ1v) is 9.96. The topological polar surface area (TPSA) is 82.3 Å². The van der Waals surface area contributed by atoms with Crippen molar-refractivity contribution in [3.8, 4) is 0 Å². The largest absolute Gasteiger partial charge is 0.441 e. The summed E-state index contributed by atoms with van der Waals surface area (Å²) < 4.78 is 5.73. The number of likely N-dealkylation sites (tertiary alicyclic amines) is 1. The van der Waals surface area contributed by atoms with Gasteiger partial charge >= 0.3 is 6.09 Å². The number of carbonyl (C=O) groups excluding carboxylic acids is 2. The fraction of sp³-hybridized carbons (Fsp3) is 0.889. The zero-order chi connectivity index (χ0) is 18.6. The highest BCUT2D eigenvalue weighted by atomic mass is 16.6. The molecule has 0 bridgehead atoms. The summed E-state index contributed by atoms with van der Waals surface area (Å²) in [7, 11) is 0. The SMILES string of the molecule is CCN1CCN(CCCN2CC3(CCN(C(=O)CN)CC3)OC2=O)CC1. The lowest BCUT2D eigenvalue weighted by molar-refractivity contribution is -0.133. The van der Waals surface area contributed by atoms with Crippen LogP contribution in [-0.2, 0) is 9.53 Å². The van der Waals surface area contributed by atoms with E-state index in [4.69, 9.17) is 10.5 Å². The molecular weight excluding hydrogens is 334 g/mol. The molecule has 0 aliphatic carbocycles. The van der Waals surface area contributed by atoms with Crippen LogP contribution in [0.3, 0.4) is 0 Å². The van der Waals surface area contributed by atoms with Gasteiger partial charge in [0.15, 0.2) is 0 Å². The summed E-state index contributed by atoms with van der Waals surface area (Å²) in [4.78, 5) is 32.6. The smallest absolute Gasteiger partial charge is 0.410 e. The number of carbonyl (C=O) groups is 2. The Kier molecular flexibility index (Phi) is 6.37. The van der Waals surface area contributed by atoms with Gasteiger partial charge in [0, 0.05) is 58.7 Å².